The molecule has 1 aliphatic heterocycles. The predicted octanol–water partition coefficient (Wildman–Crippen LogP) is 2.67. The number of methoxy groups -OCH3 is 1. The minimum atomic E-state index is -3.83. The molecule has 12 nitrogen and oxygen atoms in total. The molecule has 0 radical (unpaired) electrons. The van der Waals surface area contributed by atoms with Crippen molar-refractivity contribution < 1.29 is 37.0 Å². The summed E-state index contributed by atoms with van der Waals surface area (Å²) in [6.45, 7) is 8.91. The van der Waals surface area contributed by atoms with Gasteiger partial charge in [-0.25, -0.2) is 18.2 Å². The maximum Gasteiger partial charge on any atom is 0.411 e. The third kappa shape index (κ3) is 5.87. The highest BCUT2D eigenvalue weighted by Crippen LogP contribution is 2.45. The average molecular weight is 601 g/mol. The molecule has 2 aromatic rings. The molecule has 2 saturated carbocycles. The van der Waals surface area contributed by atoms with Crippen molar-refractivity contribution >= 4 is 38.7 Å². The number of nitrogens with zero attached hydrogens (tertiary/aromatic N) is 2. The molecule has 2 heterocycles. The van der Waals surface area contributed by atoms with Crippen LogP contribution in [0.3, 0.4) is 0 Å². The lowest BCUT2D eigenvalue weighted by Crippen LogP contribution is -2.56. The van der Waals surface area contributed by atoms with Crippen LogP contribution >= 0.6 is 0 Å². The number of amides is 3. The number of ether oxygens (including phenoxy) is 3. The molecule has 2 aliphatic carbocycles. The Labute approximate surface area is 244 Å². The fraction of sp³-hybridized carbons (Fsp3) is 0.517. The van der Waals surface area contributed by atoms with E-state index in [-0.39, 0.29) is 19.4 Å². The van der Waals surface area contributed by atoms with Crippen molar-refractivity contribution in [2.75, 3.05) is 13.7 Å². The highest BCUT2D eigenvalue weighted by atomic mass is 32.2. The molecule has 3 aliphatic rings. The Balaban J connectivity index is 1.38. The Morgan fingerprint density at radius 2 is 1.86 bits per heavy atom. The van der Waals surface area contributed by atoms with E-state index in [0.717, 1.165) is 5.39 Å². The van der Waals surface area contributed by atoms with Gasteiger partial charge in [0, 0.05) is 23.1 Å². The lowest BCUT2D eigenvalue weighted by molar-refractivity contribution is -0.131. The van der Waals surface area contributed by atoms with E-state index in [9.17, 15) is 22.8 Å². The monoisotopic (exact) mass is 600 g/mol. The number of nitrogens with one attached hydrogen (secondary N) is 2. The number of fused-ring (bicyclic) bond motifs is 1. The summed E-state index contributed by atoms with van der Waals surface area (Å²) in [5, 5.41) is 3.63. The molecule has 1 unspecified atom stereocenters. The Kier molecular flexibility index (Phi) is 7.58. The van der Waals surface area contributed by atoms with Crippen molar-refractivity contribution in [3.63, 3.8) is 0 Å². The molecule has 42 heavy (non-hydrogen) atoms. The number of hydrogen-bond donors (Lipinski definition) is 2. The van der Waals surface area contributed by atoms with Gasteiger partial charge >= 0.3 is 6.09 Å². The standard InChI is InChI=1S/C29H36N4O8S/c1-6-17-14-29(17,26(35)32-42(37,38)19-11-12-19)31-24(34)22-13-18(16-33(22)27(36)41-28(2,3)4)40-25-21-10-8-7-9-20(21)23(39-5)15-30-25/h6-10,15,17-19,22H,1,11-14,16H2,2-5H3,(H,31,34)(H,32,35)/t17-,18-,22?,29-/m1/s1. The highest BCUT2D eigenvalue weighted by Gasteiger charge is 2.62. The van der Waals surface area contributed by atoms with Gasteiger partial charge in [0.05, 0.1) is 25.1 Å². The smallest absolute Gasteiger partial charge is 0.411 e. The van der Waals surface area contributed by atoms with E-state index in [2.05, 4.69) is 21.6 Å². The summed E-state index contributed by atoms with van der Waals surface area (Å²) in [7, 11) is -2.28. The van der Waals surface area contributed by atoms with Crippen LogP contribution in [0.5, 0.6) is 11.6 Å². The molecule has 0 bridgehead atoms. The Hall–Kier alpha value is -3.87. The minimum Gasteiger partial charge on any atom is -0.494 e. The fourth-order valence-electron chi connectivity index (χ4n) is 5.23. The summed E-state index contributed by atoms with van der Waals surface area (Å²) >= 11 is 0. The van der Waals surface area contributed by atoms with Gasteiger partial charge in [0.1, 0.15) is 29.0 Å². The summed E-state index contributed by atoms with van der Waals surface area (Å²) in [5.41, 5.74) is -2.30. The number of rotatable bonds is 9. The molecule has 1 aromatic heterocycles. The van der Waals surface area contributed by atoms with Crippen LogP contribution in [0.2, 0.25) is 0 Å². The molecule has 3 fully saturated rings. The van der Waals surface area contributed by atoms with Gasteiger partial charge in [0.2, 0.25) is 21.8 Å². The lowest BCUT2D eigenvalue weighted by Gasteiger charge is -2.29. The fourth-order valence-corrected chi connectivity index (χ4v) is 6.59. The van der Waals surface area contributed by atoms with Crippen LogP contribution in [-0.4, -0.2) is 78.4 Å². The Morgan fingerprint density at radius 1 is 1.17 bits per heavy atom. The lowest BCUT2D eigenvalue weighted by atomic mass is 10.1. The molecule has 2 N–H and O–H groups in total. The molecule has 1 saturated heterocycles. The number of pyridine rings is 1. The number of aromatic nitrogens is 1. The van der Waals surface area contributed by atoms with Crippen LogP contribution in [0.25, 0.3) is 10.8 Å². The van der Waals surface area contributed by atoms with Crippen molar-refractivity contribution in [2.45, 2.75) is 75.0 Å². The number of sulfonamides is 1. The van der Waals surface area contributed by atoms with E-state index in [1.165, 1.54) is 11.0 Å². The van der Waals surface area contributed by atoms with Crippen LogP contribution < -0.4 is 19.5 Å². The van der Waals surface area contributed by atoms with Gasteiger partial charge in [-0.2, -0.15) is 0 Å². The zero-order chi connectivity index (χ0) is 30.4. The minimum absolute atomic E-state index is 0.0230. The van der Waals surface area contributed by atoms with Crippen molar-refractivity contribution in [1.82, 2.24) is 19.9 Å². The molecule has 1 aromatic carbocycles. The topological polar surface area (TPSA) is 153 Å². The van der Waals surface area contributed by atoms with Crippen LogP contribution in [0, 0.1) is 5.92 Å². The summed E-state index contributed by atoms with van der Waals surface area (Å²) in [5.74, 6) is -1.00. The van der Waals surface area contributed by atoms with Crippen LogP contribution in [-0.2, 0) is 24.3 Å². The second-order valence-electron chi connectivity index (χ2n) is 12.0. The number of carbonyl (C=O) groups excluding carboxylic acids is 3. The van der Waals surface area contributed by atoms with Gasteiger partial charge in [-0.05, 0) is 46.1 Å². The zero-order valence-electron chi connectivity index (χ0n) is 24.1. The molecule has 4 atom stereocenters. The molecular weight excluding hydrogens is 564 g/mol. The average Bonchev–Trinajstić information content (AvgIpc) is 3.85. The molecule has 226 valence electrons. The highest BCUT2D eigenvalue weighted by molar-refractivity contribution is 7.91. The van der Waals surface area contributed by atoms with Crippen molar-refractivity contribution in [3.8, 4) is 11.6 Å². The number of carbonyl (C=O) groups is 3. The Morgan fingerprint density at radius 3 is 2.45 bits per heavy atom. The number of benzene rings is 1. The third-order valence-corrected chi connectivity index (χ3v) is 9.48. The first-order valence-electron chi connectivity index (χ1n) is 13.9. The van der Waals surface area contributed by atoms with Gasteiger partial charge in [-0.1, -0.05) is 24.3 Å². The summed E-state index contributed by atoms with van der Waals surface area (Å²) in [4.78, 5) is 45.8. The van der Waals surface area contributed by atoms with E-state index in [1.807, 2.05) is 24.3 Å². The first-order valence-corrected chi connectivity index (χ1v) is 15.4. The van der Waals surface area contributed by atoms with Crippen molar-refractivity contribution in [3.05, 3.63) is 43.1 Å². The maximum absolute atomic E-state index is 13.7. The molecular formula is C29H36N4O8S. The van der Waals surface area contributed by atoms with E-state index < -0.39 is 62.4 Å². The molecule has 5 rings (SSSR count). The Bertz CT molecular complexity index is 1530. The molecule has 13 heteroatoms. The van der Waals surface area contributed by atoms with Crippen molar-refractivity contribution in [2.24, 2.45) is 5.92 Å². The van der Waals surface area contributed by atoms with E-state index in [1.54, 1.807) is 34.1 Å². The maximum atomic E-state index is 13.7. The van der Waals surface area contributed by atoms with E-state index in [4.69, 9.17) is 14.2 Å². The number of likely N-dealkylation sites (tertiary alicyclic amines) is 1. The predicted molar refractivity (Wildman–Crippen MR) is 153 cm³/mol. The van der Waals surface area contributed by atoms with Gasteiger partial charge < -0.3 is 19.5 Å². The van der Waals surface area contributed by atoms with Gasteiger partial charge in [-0.3, -0.25) is 19.2 Å². The quantitative estimate of drug-likeness (QED) is 0.414. The zero-order valence-corrected chi connectivity index (χ0v) is 24.9. The number of hydrogen-bond acceptors (Lipinski definition) is 9. The van der Waals surface area contributed by atoms with Gasteiger partial charge in [0.25, 0.3) is 5.91 Å². The summed E-state index contributed by atoms with van der Waals surface area (Å²) in [6.07, 6.45) is 2.95. The largest absolute Gasteiger partial charge is 0.494 e. The molecule has 0 spiro atoms. The van der Waals surface area contributed by atoms with Gasteiger partial charge in [-0.15, -0.1) is 6.58 Å². The van der Waals surface area contributed by atoms with Crippen molar-refractivity contribution in [1.29, 1.82) is 0 Å². The summed E-state index contributed by atoms with van der Waals surface area (Å²) < 4.78 is 44.3. The van der Waals surface area contributed by atoms with Crippen LogP contribution in [0.15, 0.2) is 43.1 Å². The summed E-state index contributed by atoms with van der Waals surface area (Å²) in [6, 6.07) is 6.37. The van der Waals surface area contributed by atoms with E-state index >= 15 is 0 Å². The SMILES string of the molecule is C=C[C@@H]1C[C@]1(NC(=O)C1C[C@@H](Oc2ncc(OC)c3ccccc23)CN1C(=O)OC(C)(C)C)C(=O)NS(=O)(=O)C1CC1. The van der Waals surface area contributed by atoms with Gasteiger partial charge in [0.15, 0.2) is 0 Å². The third-order valence-electron chi connectivity index (χ3n) is 7.66. The first-order chi connectivity index (χ1) is 19.8. The second-order valence-corrected chi connectivity index (χ2v) is 13.9. The molecule has 3 amide bonds. The first kappa shape index (κ1) is 29.6. The normalized spacial score (nSPS) is 25.4. The van der Waals surface area contributed by atoms with Crippen LogP contribution in [0.1, 0.15) is 46.5 Å². The second kappa shape index (κ2) is 10.8. The van der Waals surface area contributed by atoms with E-state index in [0.29, 0.717) is 29.9 Å². The van der Waals surface area contributed by atoms with Crippen LogP contribution in [0.4, 0.5) is 4.79 Å².